The maximum atomic E-state index is 13.8. The van der Waals surface area contributed by atoms with Crippen molar-refractivity contribution in [3.8, 4) is 0 Å². The maximum Gasteiger partial charge on any atom is 0.418 e. The van der Waals surface area contributed by atoms with Crippen LogP contribution in [0, 0.1) is 11.8 Å². The number of hydrogen-bond donors (Lipinski definition) is 2. The van der Waals surface area contributed by atoms with E-state index in [2.05, 4.69) is 15.6 Å². The van der Waals surface area contributed by atoms with Crippen molar-refractivity contribution >= 4 is 45.9 Å². The summed E-state index contributed by atoms with van der Waals surface area (Å²) in [5.74, 6) is -5.09. The minimum atomic E-state index is -4.81. The fraction of sp³-hybridized carbons (Fsp3) is 0.462. The molecule has 2 N–H and O–H groups in total. The summed E-state index contributed by atoms with van der Waals surface area (Å²) in [5, 5.41) is 4.89. The van der Waals surface area contributed by atoms with Crippen LogP contribution < -0.4 is 15.5 Å². The monoisotopic (exact) mass is 629 g/mol. The first-order valence-corrected chi connectivity index (χ1v) is 13.0. The molecule has 1 aromatic heterocycles. The average Bonchev–Trinajstić information content (AvgIpc) is 3.18. The Hall–Kier alpha value is -3.36. The summed E-state index contributed by atoms with van der Waals surface area (Å²) in [6.07, 6.45) is -14.1. The van der Waals surface area contributed by atoms with Gasteiger partial charge in [0.05, 0.1) is 38.9 Å². The van der Waals surface area contributed by atoms with Gasteiger partial charge in [-0.1, -0.05) is 17.7 Å². The number of benzene rings is 2. The Labute approximate surface area is 238 Å². The van der Waals surface area contributed by atoms with E-state index in [1.54, 1.807) is 11.0 Å². The molecule has 4 rings (SSSR count). The van der Waals surface area contributed by atoms with Gasteiger partial charge in [0.2, 0.25) is 11.9 Å². The lowest BCUT2D eigenvalue weighted by molar-refractivity contribution is -0.180. The molecule has 1 fully saturated rings. The Balaban J connectivity index is 1.60. The highest BCUT2D eigenvalue weighted by atomic mass is 35.5. The molecule has 1 unspecified atom stereocenters. The third-order valence-electron chi connectivity index (χ3n) is 7.23. The zero-order valence-corrected chi connectivity index (χ0v) is 22.9. The molecule has 1 amide bonds. The summed E-state index contributed by atoms with van der Waals surface area (Å²) in [6.45, 7) is 0.429. The number of aromatic nitrogens is 2. The molecule has 1 saturated heterocycles. The Morgan fingerprint density at radius 1 is 1.05 bits per heavy atom. The highest BCUT2D eigenvalue weighted by Crippen LogP contribution is 2.40. The molecule has 3 aromatic rings. The summed E-state index contributed by atoms with van der Waals surface area (Å²) in [5.41, 5.74) is -0.248. The van der Waals surface area contributed by atoms with Crippen LogP contribution in [0.1, 0.15) is 30.9 Å². The lowest BCUT2D eigenvalue weighted by Crippen LogP contribution is -2.39. The molecule has 6 nitrogen and oxygen atoms in total. The smallest absolute Gasteiger partial charge is 0.370 e. The summed E-state index contributed by atoms with van der Waals surface area (Å²) in [7, 11) is 1.51. The van der Waals surface area contributed by atoms with Crippen LogP contribution in [0.15, 0.2) is 30.3 Å². The molecule has 0 saturated carbocycles. The van der Waals surface area contributed by atoms with Gasteiger partial charge in [-0.05, 0) is 49.6 Å². The van der Waals surface area contributed by atoms with E-state index in [4.69, 9.17) is 11.6 Å². The van der Waals surface area contributed by atoms with E-state index in [1.165, 1.54) is 17.7 Å². The number of carbonyl (C=O) groups is 1. The Morgan fingerprint density at radius 2 is 1.69 bits per heavy atom. The number of alkyl halides is 9. The van der Waals surface area contributed by atoms with E-state index in [0.717, 1.165) is 18.2 Å². The van der Waals surface area contributed by atoms with E-state index in [9.17, 15) is 44.3 Å². The summed E-state index contributed by atoms with van der Waals surface area (Å²) < 4.78 is 120. The number of hydrogen-bond acceptors (Lipinski definition) is 4. The molecule has 0 bridgehead atoms. The molecule has 0 aliphatic carbocycles. The van der Waals surface area contributed by atoms with Crippen LogP contribution in [0.4, 0.5) is 56.8 Å². The fourth-order valence-electron chi connectivity index (χ4n) is 4.67. The van der Waals surface area contributed by atoms with Crippen molar-refractivity contribution in [1.82, 2.24) is 14.9 Å². The van der Waals surface area contributed by atoms with Crippen molar-refractivity contribution in [2.24, 2.45) is 18.9 Å². The second-order valence-corrected chi connectivity index (χ2v) is 10.5. The van der Waals surface area contributed by atoms with Crippen molar-refractivity contribution in [2.75, 3.05) is 23.3 Å². The highest BCUT2D eigenvalue weighted by Gasteiger charge is 2.42. The predicted octanol–water partition coefficient (Wildman–Crippen LogP) is 7.58. The van der Waals surface area contributed by atoms with Crippen molar-refractivity contribution in [2.45, 2.75) is 44.8 Å². The molecule has 1 aliphatic heterocycles. The number of anilines is 3. The average molecular weight is 630 g/mol. The zero-order chi connectivity index (χ0) is 31.2. The lowest BCUT2D eigenvalue weighted by Gasteiger charge is -2.34. The van der Waals surface area contributed by atoms with Gasteiger partial charge in [-0.25, -0.2) is 4.98 Å². The Morgan fingerprint density at radius 3 is 2.26 bits per heavy atom. The first-order chi connectivity index (χ1) is 19.4. The van der Waals surface area contributed by atoms with E-state index in [1.807, 2.05) is 0 Å². The minimum absolute atomic E-state index is 0.0358. The molecule has 1 aliphatic rings. The number of nitrogens with zero attached hydrogens (tertiary/aromatic N) is 3. The number of imidazole rings is 1. The van der Waals surface area contributed by atoms with Crippen molar-refractivity contribution < 1.29 is 44.3 Å². The predicted molar refractivity (Wildman–Crippen MR) is 139 cm³/mol. The molecule has 0 spiro atoms. The number of carbonyl (C=O) groups excluding carboxylic acids is 1. The number of piperidine rings is 1. The zero-order valence-electron chi connectivity index (χ0n) is 22.1. The van der Waals surface area contributed by atoms with Gasteiger partial charge in [0.25, 0.3) is 0 Å². The number of aryl methyl sites for hydroxylation is 1. The van der Waals surface area contributed by atoms with Crippen LogP contribution in [0.5, 0.6) is 0 Å². The Bertz CT molecular complexity index is 1460. The summed E-state index contributed by atoms with van der Waals surface area (Å²) in [4.78, 5) is 17.9. The highest BCUT2D eigenvalue weighted by molar-refractivity contribution is 6.34. The van der Waals surface area contributed by atoms with E-state index >= 15 is 0 Å². The minimum Gasteiger partial charge on any atom is -0.370 e. The van der Waals surface area contributed by atoms with E-state index < -0.39 is 54.1 Å². The van der Waals surface area contributed by atoms with Gasteiger partial charge in [0.15, 0.2) is 0 Å². The second kappa shape index (κ2) is 11.4. The van der Waals surface area contributed by atoms with Gasteiger partial charge in [-0.15, -0.1) is 0 Å². The number of amides is 1. The van der Waals surface area contributed by atoms with Gasteiger partial charge in [-0.3, -0.25) is 4.79 Å². The maximum absolute atomic E-state index is 13.8. The Kier molecular flexibility index (Phi) is 8.55. The summed E-state index contributed by atoms with van der Waals surface area (Å²) >= 11 is 6.41. The number of nitrogens with one attached hydrogen (secondary N) is 2. The van der Waals surface area contributed by atoms with Crippen molar-refractivity contribution in [1.29, 1.82) is 0 Å². The van der Waals surface area contributed by atoms with Crippen LogP contribution in [0.3, 0.4) is 0 Å². The second-order valence-electron chi connectivity index (χ2n) is 10.1. The lowest BCUT2D eigenvalue weighted by atomic mass is 9.96. The summed E-state index contributed by atoms with van der Waals surface area (Å²) in [6, 6.07) is 5.88. The molecule has 2 aromatic carbocycles. The van der Waals surface area contributed by atoms with Gasteiger partial charge in [-0.2, -0.15) is 39.5 Å². The molecule has 1 atom stereocenters. The van der Waals surface area contributed by atoms with Crippen LogP contribution in [0.2, 0.25) is 5.02 Å². The van der Waals surface area contributed by atoms with Crippen LogP contribution in [-0.4, -0.2) is 40.9 Å². The van der Waals surface area contributed by atoms with Crippen LogP contribution in [0.25, 0.3) is 11.0 Å². The third-order valence-corrected chi connectivity index (χ3v) is 7.54. The molecular formula is C26H25ClF9N5O. The van der Waals surface area contributed by atoms with Gasteiger partial charge in [0.1, 0.15) is 5.92 Å². The van der Waals surface area contributed by atoms with Gasteiger partial charge in [0, 0.05) is 26.7 Å². The van der Waals surface area contributed by atoms with Gasteiger partial charge < -0.3 is 20.1 Å². The molecule has 230 valence electrons. The molecule has 0 radical (unpaired) electrons. The molecule has 2 heterocycles. The number of rotatable bonds is 6. The van der Waals surface area contributed by atoms with Gasteiger partial charge >= 0.3 is 18.5 Å². The standard InChI is InChI=1S/C26H25ClF9N5O/c1-13(24(28,29)30)22(42)37-12-14-3-4-16(26(34,35)36)18(9-14)38-23-39-19-10-17(27)20(11-21(19)40(23)2)41-7-5-15(6-8-41)25(31,32)33/h3-4,9-11,13,15H,5-8,12H2,1-2H3,(H,37,42)(H,38,39). The van der Waals surface area contributed by atoms with E-state index in [0.29, 0.717) is 23.6 Å². The first-order valence-electron chi connectivity index (χ1n) is 12.7. The van der Waals surface area contributed by atoms with E-state index in [-0.39, 0.29) is 42.5 Å². The molecular weight excluding hydrogens is 605 g/mol. The molecule has 42 heavy (non-hydrogen) atoms. The fourth-order valence-corrected chi connectivity index (χ4v) is 4.94. The first kappa shape index (κ1) is 31.6. The van der Waals surface area contributed by atoms with Crippen LogP contribution in [-0.2, 0) is 24.6 Å². The third kappa shape index (κ3) is 6.81. The largest absolute Gasteiger partial charge is 0.418 e. The number of halogens is 10. The quantitative estimate of drug-likeness (QED) is 0.276. The normalized spacial score (nSPS) is 16.1. The van der Waals surface area contributed by atoms with Crippen molar-refractivity contribution in [3.63, 3.8) is 0 Å². The topological polar surface area (TPSA) is 62.2 Å². The van der Waals surface area contributed by atoms with Crippen LogP contribution >= 0.6 is 11.6 Å². The SMILES string of the molecule is CC(C(=O)NCc1ccc(C(F)(F)F)c(Nc2nc3cc(Cl)c(N4CCC(C(F)(F)F)CC4)cc3n2C)c1)C(F)(F)F. The molecule has 16 heteroatoms. The van der Waals surface area contributed by atoms with Crippen molar-refractivity contribution in [3.05, 3.63) is 46.5 Å². The number of fused-ring (bicyclic) bond motifs is 1.